The average molecular weight is 248 g/mol. The number of piperazine rings is 1. The SMILES string of the molecule is Cc1ccc(N2CC(CCO)NC(C)(C)C2)cc1. The van der Waals surface area contributed by atoms with E-state index in [9.17, 15) is 0 Å². The predicted molar refractivity (Wildman–Crippen MR) is 76.1 cm³/mol. The lowest BCUT2D eigenvalue weighted by Gasteiger charge is -2.45. The van der Waals surface area contributed by atoms with Crippen LogP contribution >= 0.6 is 0 Å². The van der Waals surface area contributed by atoms with Gasteiger partial charge in [0.25, 0.3) is 0 Å². The van der Waals surface area contributed by atoms with Crippen LogP contribution in [0.5, 0.6) is 0 Å². The van der Waals surface area contributed by atoms with Gasteiger partial charge in [-0.15, -0.1) is 0 Å². The van der Waals surface area contributed by atoms with Crippen molar-refractivity contribution in [2.45, 2.75) is 38.8 Å². The molecule has 0 saturated carbocycles. The van der Waals surface area contributed by atoms with E-state index < -0.39 is 0 Å². The molecule has 3 nitrogen and oxygen atoms in total. The first-order chi connectivity index (χ1) is 8.50. The van der Waals surface area contributed by atoms with Gasteiger partial charge in [-0.25, -0.2) is 0 Å². The summed E-state index contributed by atoms with van der Waals surface area (Å²) < 4.78 is 0. The van der Waals surface area contributed by atoms with Gasteiger partial charge in [0.2, 0.25) is 0 Å². The summed E-state index contributed by atoms with van der Waals surface area (Å²) in [5, 5.41) is 12.7. The number of anilines is 1. The number of nitrogens with one attached hydrogen (secondary N) is 1. The molecular formula is C15H24N2O. The summed E-state index contributed by atoms with van der Waals surface area (Å²) in [6, 6.07) is 9.05. The second-order valence-corrected chi connectivity index (χ2v) is 5.95. The van der Waals surface area contributed by atoms with Gasteiger partial charge >= 0.3 is 0 Å². The van der Waals surface area contributed by atoms with E-state index in [2.05, 4.69) is 55.3 Å². The van der Waals surface area contributed by atoms with Crippen LogP contribution < -0.4 is 10.2 Å². The Bertz CT molecular complexity index is 386. The topological polar surface area (TPSA) is 35.5 Å². The molecule has 1 aliphatic heterocycles. The zero-order chi connectivity index (χ0) is 13.2. The monoisotopic (exact) mass is 248 g/mol. The third kappa shape index (κ3) is 3.24. The zero-order valence-corrected chi connectivity index (χ0v) is 11.6. The normalized spacial score (nSPS) is 23.1. The molecule has 0 amide bonds. The summed E-state index contributed by atoms with van der Waals surface area (Å²) in [4.78, 5) is 2.41. The number of aliphatic hydroxyl groups excluding tert-OH is 1. The molecule has 1 atom stereocenters. The maximum Gasteiger partial charge on any atom is 0.0446 e. The molecule has 2 rings (SSSR count). The van der Waals surface area contributed by atoms with E-state index in [0.717, 1.165) is 19.5 Å². The van der Waals surface area contributed by atoms with Gasteiger partial charge in [-0.1, -0.05) is 17.7 Å². The lowest BCUT2D eigenvalue weighted by molar-refractivity contribution is 0.224. The minimum Gasteiger partial charge on any atom is -0.396 e. The molecule has 1 heterocycles. The summed E-state index contributed by atoms with van der Waals surface area (Å²) in [7, 11) is 0. The van der Waals surface area contributed by atoms with Crippen LogP contribution in [0.4, 0.5) is 5.69 Å². The summed E-state index contributed by atoms with van der Waals surface area (Å²) >= 11 is 0. The first-order valence-electron chi connectivity index (χ1n) is 6.70. The fourth-order valence-electron chi connectivity index (χ4n) is 2.72. The molecule has 2 N–H and O–H groups in total. The number of rotatable bonds is 3. The highest BCUT2D eigenvalue weighted by Crippen LogP contribution is 2.23. The molecule has 1 aromatic rings. The van der Waals surface area contributed by atoms with Crippen LogP contribution in [-0.2, 0) is 0 Å². The molecular weight excluding hydrogens is 224 g/mol. The molecule has 1 fully saturated rings. The van der Waals surface area contributed by atoms with Crippen LogP contribution in [0.25, 0.3) is 0 Å². The highest BCUT2D eigenvalue weighted by atomic mass is 16.3. The van der Waals surface area contributed by atoms with Crippen molar-refractivity contribution >= 4 is 5.69 Å². The van der Waals surface area contributed by atoms with Gasteiger partial charge in [0.1, 0.15) is 0 Å². The van der Waals surface area contributed by atoms with E-state index in [1.807, 2.05) is 0 Å². The second-order valence-electron chi connectivity index (χ2n) is 5.95. The van der Waals surface area contributed by atoms with Crippen molar-refractivity contribution in [1.82, 2.24) is 5.32 Å². The maximum absolute atomic E-state index is 9.12. The third-order valence-corrected chi connectivity index (χ3v) is 3.50. The number of nitrogens with zero attached hydrogens (tertiary/aromatic N) is 1. The lowest BCUT2D eigenvalue weighted by Crippen LogP contribution is -2.62. The van der Waals surface area contributed by atoms with Gasteiger partial charge in [0.05, 0.1) is 0 Å². The smallest absolute Gasteiger partial charge is 0.0446 e. The van der Waals surface area contributed by atoms with Crippen LogP contribution in [0.15, 0.2) is 24.3 Å². The van der Waals surface area contributed by atoms with Crippen molar-refractivity contribution < 1.29 is 5.11 Å². The molecule has 18 heavy (non-hydrogen) atoms. The van der Waals surface area contributed by atoms with E-state index in [-0.39, 0.29) is 12.1 Å². The lowest BCUT2D eigenvalue weighted by atomic mass is 9.96. The Morgan fingerprint density at radius 3 is 2.61 bits per heavy atom. The Hall–Kier alpha value is -1.06. The molecule has 1 aliphatic rings. The van der Waals surface area contributed by atoms with Gasteiger partial charge in [0.15, 0.2) is 0 Å². The largest absolute Gasteiger partial charge is 0.396 e. The summed E-state index contributed by atoms with van der Waals surface area (Å²) in [6.45, 7) is 8.76. The fourth-order valence-corrected chi connectivity index (χ4v) is 2.72. The van der Waals surface area contributed by atoms with E-state index in [4.69, 9.17) is 5.11 Å². The minimum atomic E-state index is 0.0863. The highest BCUT2D eigenvalue weighted by molar-refractivity contribution is 5.48. The van der Waals surface area contributed by atoms with Crippen molar-refractivity contribution in [3.63, 3.8) is 0 Å². The third-order valence-electron chi connectivity index (χ3n) is 3.50. The summed E-state index contributed by atoms with van der Waals surface area (Å²) in [5.74, 6) is 0. The molecule has 0 spiro atoms. The van der Waals surface area contributed by atoms with Crippen LogP contribution in [0.1, 0.15) is 25.8 Å². The number of benzene rings is 1. The van der Waals surface area contributed by atoms with E-state index in [1.165, 1.54) is 11.3 Å². The van der Waals surface area contributed by atoms with E-state index in [0.29, 0.717) is 6.04 Å². The molecule has 1 saturated heterocycles. The van der Waals surface area contributed by atoms with Crippen molar-refractivity contribution in [2.24, 2.45) is 0 Å². The molecule has 100 valence electrons. The standard InChI is InChI=1S/C15H24N2O/c1-12-4-6-14(7-5-12)17-10-13(8-9-18)16-15(2,3)11-17/h4-7,13,16,18H,8-11H2,1-3H3. The molecule has 1 unspecified atom stereocenters. The Morgan fingerprint density at radius 1 is 1.33 bits per heavy atom. The summed E-state index contributed by atoms with van der Waals surface area (Å²) in [5.41, 5.74) is 2.65. The Morgan fingerprint density at radius 2 is 2.00 bits per heavy atom. The predicted octanol–water partition coefficient (Wildman–Crippen LogP) is 1.93. The minimum absolute atomic E-state index is 0.0863. The van der Waals surface area contributed by atoms with Gasteiger partial charge in [-0.2, -0.15) is 0 Å². The maximum atomic E-state index is 9.12. The van der Waals surface area contributed by atoms with Crippen LogP contribution in [0.3, 0.4) is 0 Å². The van der Waals surface area contributed by atoms with Crippen molar-refractivity contribution in [3.8, 4) is 0 Å². The molecule has 3 heteroatoms. The molecule has 0 bridgehead atoms. The van der Waals surface area contributed by atoms with Gasteiger partial charge in [0, 0.05) is 37.0 Å². The van der Waals surface area contributed by atoms with Crippen molar-refractivity contribution in [1.29, 1.82) is 0 Å². The summed E-state index contributed by atoms with van der Waals surface area (Å²) in [6.07, 6.45) is 0.811. The molecule has 0 aliphatic carbocycles. The van der Waals surface area contributed by atoms with Gasteiger partial charge < -0.3 is 15.3 Å². The van der Waals surface area contributed by atoms with Gasteiger partial charge in [-0.05, 0) is 39.3 Å². The Balaban J connectivity index is 2.14. The first kappa shape index (κ1) is 13.4. The molecule has 0 aromatic heterocycles. The Labute approximate surface area is 110 Å². The quantitative estimate of drug-likeness (QED) is 0.858. The fraction of sp³-hybridized carbons (Fsp3) is 0.600. The molecule has 0 radical (unpaired) electrons. The second kappa shape index (κ2) is 5.29. The zero-order valence-electron chi connectivity index (χ0n) is 11.6. The Kier molecular flexibility index (Phi) is 3.93. The van der Waals surface area contributed by atoms with Gasteiger partial charge in [-0.3, -0.25) is 0 Å². The highest BCUT2D eigenvalue weighted by Gasteiger charge is 2.31. The molecule has 1 aromatic carbocycles. The first-order valence-corrected chi connectivity index (χ1v) is 6.70. The number of hydrogen-bond acceptors (Lipinski definition) is 3. The van der Waals surface area contributed by atoms with Crippen LogP contribution in [0.2, 0.25) is 0 Å². The number of aliphatic hydroxyl groups is 1. The van der Waals surface area contributed by atoms with Crippen molar-refractivity contribution in [3.05, 3.63) is 29.8 Å². The van der Waals surface area contributed by atoms with Crippen molar-refractivity contribution in [2.75, 3.05) is 24.6 Å². The average Bonchev–Trinajstić information content (AvgIpc) is 2.28. The number of aryl methyl sites for hydroxylation is 1. The van der Waals surface area contributed by atoms with E-state index >= 15 is 0 Å². The van der Waals surface area contributed by atoms with Crippen LogP contribution in [-0.4, -0.2) is 36.4 Å². The van der Waals surface area contributed by atoms with E-state index in [1.54, 1.807) is 0 Å². The number of hydrogen-bond donors (Lipinski definition) is 2. The van der Waals surface area contributed by atoms with Crippen LogP contribution in [0, 0.1) is 6.92 Å².